The third-order valence-electron chi connectivity index (χ3n) is 2.18. The molecule has 2 aromatic heterocycles. The monoisotopic (exact) mass is 217 g/mol. The molecule has 5 nitrogen and oxygen atoms in total. The van der Waals surface area contributed by atoms with Crippen molar-refractivity contribution >= 4 is 5.69 Å². The van der Waals surface area contributed by atoms with Crippen molar-refractivity contribution in [1.29, 1.82) is 0 Å². The molecule has 0 saturated heterocycles. The van der Waals surface area contributed by atoms with Gasteiger partial charge in [-0.3, -0.25) is 9.36 Å². The van der Waals surface area contributed by atoms with E-state index in [1.54, 1.807) is 43.8 Å². The predicted molar refractivity (Wildman–Crippen MR) is 60.8 cm³/mol. The van der Waals surface area contributed by atoms with Crippen molar-refractivity contribution in [2.75, 3.05) is 12.8 Å². The molecule has 0 fully saturated rings. The molecule has 0 aliphatic rings. The number of anilines is 1. The molecule has 5 heteroatoms. The van der Waals surface area contributed by atoms with Crippen LogP contribution < -0.4 is 16.0 Å². The van der Waals surface area contributed by atoms with Crippen LogP contribution in [0.15, 0.2) is 41.5 Å². The van der Waals surface area contributed by atoms with Crippen LogP contribution >= 0.6 is 0 Å². The van der Waals surface area contributed by atoms with E-state index in [1.165, 1.54) is 4.57 Å². The van der Waals surface area contributed by atoms with E-state index >= 15 is 0 Å². The average molecular weight is 217 g/mol. The Kier molecular flexibility index (Phi) is 2.59. The molecule has 2 heterocycles. The fourth-order valence-electron chi connectivity index (χ4n) is 1.33. The molecule has 0 aliphatic carbocycles. The summed E-state index contributed by atoms with van der Waals surface area (Å²) in [6.45, 7) is 0. The highest BCUT2D eigenvalue weighted by atomic mass is 16.5. The Balaban J connectivity index is 2.51. The topological polar surface area (TPSA) is 70.1 Å². The minimum Gasteiger partial charge on any atom is -0.495 e. The number of nitrogens with two attached hydrogens (primary N) is 1. The van der Waals surface area contributed by atoms with Gasteiger partial charge in [0.25, 0.3) is 5.56 Å². The first-order valence-electron chi connectivity index (χ1n) is 4.70. The van der Waals surface area contributed by atoms with Crippen LogP contribution in [0.4, 0.5) is 5.69 Å². The van der Waals surface area contributed by atoms with Crippen LogP contribution in [0.25, 0.3) is 5.82 Å². The zero-order chi connectivity index (χ0) is 11.5. The van der Waals surface area contributed by atoms with Crippen LogP contribution in [0.2, 0.25) is 0 Å². The summed E-state index contributed by atoms with van der Waals surface area (Å²) in [7, 11) is 1.56. The van der Waals surface area contributed by atoms with Gasteiger partial charge in [0.15, 0.2) is 0 Å². The van der Waals surface area contributed by atoms with E-state index in [0.717, 1.165) is 0 Å². The zero-order valence-electron chi connectivity index (χ0n) is 8.75. The van der Waals surface area contributed by atoms with Crippen LogP contribution in [0.3, 0.4) is 0 Å². The maximum atomic E-state index is 11.7. The van der Waals surface area contributed by atoms with E-state index in [4.69, 9.17) is 10.5 Å². The van der Waals surface area contributed by atoms with Crippen LogP contribution in [-0.2, 0) is 0 Å². The number of aromatic nitrogens is 2. The van der Waals surface area contributed by atoms with Crippen LogP contribution in [-0.4, -0.2) is 16.7 Å². The van der Waals surface area contributed by atoms with Crippen LogP contribution in [0.5, 0.6) is 5.75 Å². The number of methoxy groups -OCH3 is 1. The smallest absolute Gasteiger partial charge is 0.279 e. The van der Waals surface area contributed by atoms with E-state index in [2.05, 4.69) is 4.98 Å². The number of nitrogen functional groups attached to an aromatic ring is 1. The quantitative estimate of drug-likeness (QED) is 0.808. The third kappa shape index (κ3) is 1.75. The summed E-state index contributed by atoms with van der Waals surface area (Å²) in [5, 5.41) is 0. The average Bonchev–Trinajstić information content (AvgIpc) is 2.33. The van der Waals surface area contributed by atoms with Gasteiger partial charge in [0.2, 0.25) is 0 Å². The molecule has 0 spiro atoms. The molecule has 82 valence electrons. The Morgan fingerprint density at radius 1 is 1.38 bits per heavy atom. The lowest BCUT2D eigenvalue weighted by atomic mass is 10.4. The largest absolute Gasteiger partial charge is 0.495 e. The predicted octanol–water partition coefficient (Wildman–Crippen LogP) is 0.823. The Morgan fingerprint density at radius 3 is 2.81 bits per heavy atom. The van der Waals surface area contributed by atoms with Gasteiger partial charge < -0.3 is 10.5 Å². The highest BCUT2D eigenvalue weighted by Crippen LogP contribution is 2.10. The first kappa shape index (κ1) is 10.2. The second-order valence-electron chi connectivity index (χ2n) is 3.19. The van der Waals surface area contributed by atoms with Crippen LogP contribution in [0, 0.1) is 0 Å². The summed E-state index contributed by atoms with van der Waals surface area (Å²) in [6.07, 6.45) is 3.17. The maximum Gasteiger partial charge on any atom is 0.279 e. The lowest BCUT2D eigenvalue weighted by Crippen LogP contribution is -2.21. The fraction of sp³-hybridized carbons (Fsp3) is 0.0909. The van der Waals surface area contributed by atoms with Crippen molar-refractivity contribution in [3.63, 3.8) is 0 Å². The summed E-state index contributed by atoms with van der Waals surface area (Å²) in [6, 6.07) is 6.68. The SMILES string of the molecule is COc1ccc(-n2cccc(N)c2=O)nc1. The summed E-state index contributed by atoms with van der Waals surface area (Å²) < 4.78 is 6.37. The van der Waals surface area contributed by atoms with Crippen molar-refractivity contribution in [3.05, 3.63) is 47.0 Å². The van der Waals surface area contributed by atoms with Gasteiger partial charge in [-0.1, -0.05) is 0 Å². The highest BCUT2D eigenvalue weighted by Gasteiger charge is 2.03. The first-order chi connectivity index (χ1) is 7.72. The van der Waals surface area contributed by atoms with Gasteiger partial charge in [-0.05, 0) is 24.3 Å². The first-order valence-corrected chi connectivity index (χ1v) is 4.70. The number of hydrogen-bond donors (Lipinski definition) is 1. The molecule has 0 aliphatic heterocycles. The Hall–Kier alpha value is -2.30. The van der Waals surface area contributed by atoms with Gasteiger partial charge in [0, 0.05) is 6.20 Å². The Bertz CT molecular complexity index is 546. The number of nitrogens with zero attached hydrogens (tertiary/aromatic N) is 2. The highest BCUT2D eigenvalue weighted by molar-refractivity contribution is 5.38. The van der Waals surface area contributed by atoms with E-state index in [9.17, 15) is 4.79 Å². The minimum atomic E-state index is -0.278. The minimum absolute atomic E-state index is 0.195. The van der Waals surface area contributed by atoms with Crippen molar-refractivity contribution in [1.82, 2.24) is 9.55 Å². The molecule has 2 aromatic rings. The molecule has 16 heavy (non-hydrogen) atoms. The second kappa shape index (κ2) is 4.06. The summed E-state index contributed by atoms with van der Waals surface area (Å²) >= 11 is 0. The van der Waals surface area contributed by atoms with Gasteiger partial charge >= 0.3 is 0 Å². The molecule has 0 unspecified atom stereocenters. The molecule has 2 rings (SSSR count). The van der Waals surface area contributed by atoms with E-state index in [1.807, 2.05) is 0 Å². The molecule has 0 atom stereocenters. The molecule has 2 N–H and O–H groups in total. The third-order valence-corrected chi connectivity index (χ3v) is 2.18. The van der Waals surface area contributed by atoms with Gasteiger partial charge in [0.1, 0.15) is 11.6 Å². The maximum absolute atomic E-state index is 11.7. The molecule has 0 radical (unpaired) electrons. The second-order valence-corrected chi connectivity index (χ2v) is 3.19. The molecular weight excluding hydrogens is 206 g/mol. The molecular formula is C11H11N3O2. The van der Waals surface area contributed by atoms with Crippen LogP contribution in [0.1, 0.15) is 0 Å². The number of hydrogen-bond acceptors (Lipinski definition) is 4. The number of rotatable bonds is 2. The van der Waals surface area contributed by atoms with Gasteiger partial charge in [-0.2, -0.15) is 0 Å². The summed E-state index contributed by atoms with van der Waals surface area (Å²) in [5.41, 5.74) is 5.45. The van der Waals surface area contributed by atoms with E-state index in [0.29, 0.717) is 11.6 Å². The molecule has 0 aromatic carbocycles. The van der Waals surface area contributed by atoms with Crippen molar-refractivity contribution in [2.24, 2.45) is 0 Å². The fourth-order valence-corrected chi connectivity index (χ4v) is 1.33. The Labute approximate surface area is 92.1 Å². The lowest BCUT2D eigenvalue weighted by Gasteiger charge is -2.05. The normalized spacial score (nSPS) is 10.1. The molecule has 0 bridgehead atoms. The van der Waals surface area contributed by atoms with Crippen molar-refractivity contribution in [2.45, 2.75) is 0 Å². The summed E-state index contributed by atoms with van der Waals surface area (Å²) in [5.74, 6) is 1.15. The Morgan fingerprint density at radius 2 is 2.19 bits per heavy atom. The number of ether oxygens (including phenoxy) is 1. The summed E-state index contributed by atoms with van der Waals surface area (Å²) in [4.78, 5) is 15.8. The van der Waals surface area contributed by atoms with Gasteiger partial charge in [-0.25, -0.2) is 4.98 Å². The van der Waals surface area contributed by atoms with Gasteiger partial charge in [0.05, 0.1) is 19.0 Å². The molecule has 0 saturated carbocycles. The zero-order valence-corrected chi connectivity index (χ0v) is 8.75. The van der Waals surface area contributed by atoms with E-state index in [-0.39, 0.29) is 11.2 Å². The van der Waals surface area contributed by atoms with E-state index < -0.39 is 0 Å². The molecule has 0 amide bonds. The standard InChI is InChI=1S/C11H11N3O2/c1-16-8-4-5-10(13-7-8)14-6-2-3-9(12)11(14)15/h2-7H,12H2,1H3. The van der Waals surface area contributed by atoms with Crippen molar-refractivity contribution in [3.8, 4) is 11.6 Å². The van der Waals surface area contributed by atoms with Crippen molar-refractivity contribution < 1.29 is 4.74 Å². The lowest BCUT2D eigenvalue weighted by molar-refractivity contribution is 0.412. The number of pyridine rings is 2. The van der Waals surface area contributed by atoms with Gasteiger partial charge in [-0.15, -0.1) is 0 Å².